The molecular formula is C10H11ClN2O4. The number of amides is 1. The van der Waals surface area contributed by atoms with Crippen LogP contribution >= 0.6 is 11.6 Å². The Kier molecular flexibility index (Phi) is 4.30. The number of carbonyl (C=O) groups is 2. The van der Waals surface area contributed by atoms with E-state index in [2.05, 4.69) is 5.32 Å². The number of hydrogen-bond acceptors (Lipinski definition) is 4. The van der Waals surface area contributed by atoms with Crippen molar-refractivity contribution >= 4 is 29.2 Å². The van der Waals surface area contributed by atoms with E-state index in [0.717, 1.165) is 0 Å². The summed E-state index contributed by atoms with van der Waals surface area (Å²) in [5, 5.41) is 19.7. The van der Waals surface area contributed by atoms with Crippen molar-refractivity contribution in [1.29, 1.82) is 0 Å². The summed E-state index contributed by atoms with van der Waals surface area (Å²) in [7, 11) is 0. The predicted molar refractivity (Wildman–Crippen MR) is 61.8 cm³/mol. The molecule has 1 aromatic carbocycles. The molecule has 17 heavy (non-hydrogen) atoms. The highest BCUT2D eigenvalue weighted by Gasteiger charge is 2.20. The lowest BCUT2D eigenvalue weighted by molar-refractivity contribution is -0.140. The van der Waals surface area contributed by atoms with E-state index < -0.39 is 24.5 Å². The van der Waals surface area contributed by atoms with Crippen LogP contribution in [0.5, 0.6) is 0 Å². The molecule has 0 aliphatic heterocycles. The fourth-order valence-electron chi connectivity index (χ4n) is 1.14. The zero-order chi connectivity index (χ0) is 13.0. The number of anilines is 1. The van der Waals surface area contributed by atoms with Gasteiger partial charge in [-0.05, 0) is 18.2 Å². The minimum atomic E-state index is -1.36. The average Bonchev–Trinajstić information content (AvgIpc) is 2.24. The first kappa shape index (κ1) is 13.3. The van der Waals surface area contributed by atoms with Gasteiger partial charge in [0.2, 0.25) is 0 Å². The number of carbonyl (C=O) groups excluding carboxylic acids is 1. The van der Waals surface area contributed by atoms with Crippen LogP contribution in [-0.2, 0) is 4.79 Å². The lowest BCUT2D eigenvalue weighted by atomic mass is 10.2. The molecule has 0 saturated heterocycles. The fraction of sp³-hybridized carbons (Fsp3) is 0.200. The number of aliphatic hydroxyl groups excluding tert-OH is 1. The van der Waals surface area contributed by atoms with Crippen LogP contribution in [0.25, 0.3) is 0 Å². The monoisotopic (exact) mass is 258 g/mol. The molecule has 0 heterocycles. The number of benzene rings is 1. The molecule has 1 atom stereocenters. The molecule has 0 aromatic heterocycles. The zero-order valence-electron chi connectivity index (χ0n) is 8.68. The lowest BCUT2D eigenvalue weighted by Gasteiger charge is -2.12. The van der Waals surface area contributed by atoms with Gasteiger partial charge in [0, 0.05) is 5.69 Å². The predicted octanol–water partition coefficient (Wildman–Crippen LogP) is 0.0975. The van der Waals surface area contributed by atoms with Crippen molar-refractivity contribution in [3.8, 4) is 0 Å². The van der Waals surface area contributed by atoms with Gasteiger partial charge in [0.05, 0.1) is 17.2 Å². The molecule has 0 aliphatic rings. The highest BCUT2D eigenvalue weighted by molar-refractivity contribution is 6.34. The molecule has 7 heteroatoms. The van der Waals surface area contributed by atoms with Gasteiger partial charge in [-0.25, -0.2) is 4.79 Å². The van der Waals surface area contributed by atoms with Crippen molar-refractivity contribution in [3.05, 3.63) is 28.8 Å². The van der Waals surface area contributed by atoms with E-state index >= 15 is 0 Å². The van der Waals surface area contributed by atoms with E-state index in [4.69, 9.17) is 27.5 Å². The minimum absolute atomic E-state index is 0.0977. The van der Waals surface area contributed by atoms with E-state index in [1.807, 2.05) is 0 Å². The summed E-state index contributed by atoms with van der Waals surface area (Å²) < 4.78 is 0. The Balaban J connectivity index is 2.86. The van der Waals surface area contributed by atoms with Gasteiger partial charge in [0.25, 0.3) is 5.91 Å². The van der Waals surface area contributed by atoms with E-state index in [9.17, 15) is 9.59 Å². The molecule has 5 N–H and O–H groups in total. The number of carboxylic acid groups (broad SMARTS) is 1. The van der Waals surface area contributed by atoms with Crippen LogP contribution in [0.2, 0.25) is 5.02 Å². The highest BCUT2D eigenvalue weighted by atomic mass is 35.5. The zero-order valence-corrected chi connectivity index (χ0v) is 9.44. The number of nitrogen functional groups attached to an aromatic ring is 1. The standard InChI is InChI=1S/C10H11ClN2O4/c11-7-3-5(12)1-2-6(7)9(15)13-8(4-14)10(16)17/h1-3,8,14H,4,12H2,(H,13,15)(H,16,17). The quantitative estimate of drug-likeness (QED) is 0.572. The normalized spacial score (nSPS) is 11.9. The Bertz CT molecular complexity index is 450. The van der Waals surface area contributed by atoms with Crippen molar-refractivity contribution in [2.75, 3.05) is 12.3 Å². The van der Waals surface area contributed by atoms with E-state index in [0.29, 0.717) is 5.69 Å². The second-order valence-electron chi connectivity index (χ2n) is 3.29. The van der Waals surface area contributed by atoms with Gasteiger partial charge in [0.1, 0.15) is 0 Å². The van der Waals surface area contributed by atoms with Crippen molar-refractivity contribution in [2.24, 2.45) is 0 Å². The van der Waals surface area contributed by atoms with Crippen LogP contribution in [0.4, 0.5) is 5.69 Å². The molecule has 1 unspecified atom stereocenters. The van der Waals surface area contributed by atoms with Crippen LogP contribution in [0.3, 0.4) is 0 Å². The Hall–Kier alpha value is -1.79. The number of halogens is 1. The summed E-state index contributed by atoms with van der Waals surface area (Å²) in [6, 6.07) is 2.86. The van der Waals surface area contributed by atoms with E-state index in [1.54, 1.807) is 0 Å². The first-order chi connectivity index (χ1) is 7.95. The van der Waals surface area contributed by atoms with Gasteiger partial charge >= 0.3 is 5.97 Å². The van der Waals surface area contributed by atoms with Crippen molar-refractivity contribution in [3.63, 3.8) is 0 Å². The Morgan fingerprint density at radius 1 is 1.47 bits per heavy atom. The van der Waals surface area contributed by atoms with Crippen LogP contribution in [-0.4, -0.2) is 34.7 Å². The van der Waals surface area contributed by atoms with Crippen LogP contribution in [0.15, 0.2) is 18.2 Å². The Morgan fingerprint density at radius 3 is 2.59 bits per heavy atom. The molecule has 0 fully saturated rings. The molecule has 0 bridgehead atoms. The minimum Gasteiger partial charge on any atom is -0.480 e. The summed E-state index contributed by atoms with van der Waals surface area (Å²) in [5.41, 5.74) is 5.94. The average molecular weight is 259 g/mol. The summed E-state index contributed by atoms with van der Waals surface area (Å²) in [6.07, 6.45) is 0. The second kappa shape index (κ2) is 5.51. The molecule has 6 nitrogen and oxygen atoms in total. The van der Waals surface area contributed by atoms with Gasteiger partial charge < -0.3 is 21.3 Å². The van der Waals surface area contributed by atoms with Crippen molar-refractivity contribution in [1.82, 2.24) is 5.32 Å². The first-order valence-corrected chi connectivity index (χ1v) is 5.03. The smallest absolute Gasteiger partial charge is 0.328 e. The highest BCUT2D eigenvalue weighted by Crippen LogP contribution is 2.19. The molecule has 0 saturated carbocycles. The third-order valence-electron chi connectivity index (χ3n) is 2.02. The summed E-state index contributed by atoms with van der Waals surface area (Å²) in [6.45, 7) is -0.701. The summed E-state index contributed by atoms with van der Waals surface area (Å²) >= 11 is 5.78. The van der Waals surface area contributed by atoms with E-state index in [1.165, 1.54) is 18.2 Å². The molecule has 1 amide bonds. The number of hydrogen-bond donors (Lipinski definition) is 4. The maximum absolute atomic E-state index is 11.6. The van der Waals surface area contributed by atoms with Gasteiger partial charge in [-0.15, -0.1) is 0 Å². The van der Waals surface area contributed by atoms with Gasteiger partial charge in [-0.2, -0.15) is 0 Å². The summed E-state index contributed by atoms with van der Waals surface area (Å²) in [4.78, 5) is 22.2. The Morgan fingerprint density at radius 2 is 2.12 bits per heavy atom. The third kappa shape index (κ3) is 3.33. The number of aliphatic hydroxyl groups is 1. The van der Waals surface area contributed by atoms with Gasteiger partial charge in [0.15, 0.2) is 6.04 Å². The fourth-order valence-corrected chi connectivity index (χ4v) is 1.41. The van der Waals surface area contributed by atoms with Crippen molar-refractivity contribution < 1.29 is 19.8 Å². The third-order valence-corrected chi connectivity index (χ3v) is 2.34. The van der Waals surface area contributed by atoms with E-state index in [-0.39, 0.29) is 10.6 Å². The molecule has 92 valence electrons. The van der Waals surface area contributed by atoms with Crippen LogP contribution in [0, 0.1) is 0 Å². The molecular weight excluding hydrogens is 248 g/mol. The van der Waals surface area contributed by atoms with Gasteiger partial charge in [-0.1, -0.05) is 11.6 Å². The molecule has 0 radical (unpaired) electrons. The second-order valence-corrected chi connectivity index (χ2v) is 3.69. The number of nitrogens with one attached hydrogen (secondary N) is 1. The number of aliphatic carboxylic acids is 1. The van der Waals surface area contributed by atoms with Crippen LogP contribution in [0.1, 0.15) is 10.4 Å². The van der Waals surface area contributed by atoms with Gasteiger partial charge in [-0.3, -0.25) is 4.79 Å². The molecule has 0 aliphatic carbocycles. The molecule has 1 aromatic rings. The molecule has 0 spiro atoms. The number of rotatable bonds is 4. The number of nitrogens with two attached hydrogens (primary N) is 1. The van der Waals surface area contributed by atoms with Crippen molar-refractivity contribution in [2.45, 2.75) is 6.04 Å². The largest absolute Gasteiger partial charge is 0.480 e. The first-order valence-electron chi connectivity index (χ1n) is 4.65. The number of carboxylic acids is 1. The summed E-state index contributed by atoms with van der Waals surface area (Å²) in [5.74, 6) is -2.01. The maximum Gasteiger partial charge on any atom is 0.328 e. The maximum atomic E-state index is 11.6. The Labute approximate surface area is 102 Å². The lowest BCUT2D eigenvalue weighted by Crippen LogP contribution is -2.43. The topological polar surface area (TPSA) is 113 Å². The molecule has 1 rings (SSSR count). The SMILES string of the molecule is Nc1ccc(C(=O)NC(CO)C(=O)O)c(Cl)c1. The van der Waals surface area contributed by atoms with Crippen LogP contribution < -0.4 is 11.1 Å².